The monoisotopic (exact) mass is 337 g/mol. The highest BCUT2D eigenvalue weighted by atomic mass is 16.2. The molecule has 132 valence electrons. The molecule has 2 heterocycles. The summed E-state index contributed by atoms with van der Waals surface area (Å²) in [7, 11) is 2.05. The lowest BCUT2D eigenvalue weighted by atomic mass is 9.63. The van der Waals surface area contributed by atoms with Crippen LogP contribution >= 0.6 is 0 Å². The number of carbonyl (C=O) groups excluding carboxylic acids is 1. The third-order valence-corrected chi connectivity index (χ3v) is 6.14. The molecule has 1 aliphatic carbocycles. The van der Waals surface area contributed by atoms with E-state index >= 15 is 0 Å². The van der Waals surface area contributed by atoms with E-state index in [4.69, 9.17) is 0 Å². The number of amides is 1. The Morgan fingerprint density at radius 1 is 1.24 bits per heavy atom. The summed E-state index contributed by atoms with van der Waals surface area (Å²) in [6.07, 6.45) is 10.3. The second-order valence-electron chi connectivity index (χ2n) is 7.72. The number of carbonyl (C=O) groups is 1. The van der Waals surface area contributed by atoms with Gasteiger partial charge in [0.1, 0.15) is 5.82 Å². The van der Waals surface area contributed by atoms with Crippen molar-refractivity contribution in [3.8, 4) is 0 Å². The van der Waals surface area contributed by atoms with Crippen LogP contribution in [-0.2, 0) is 23.7 Å². The summed E-state index contributed by atoms with van der Waals surface area (Å²) in [5.41, 5.74) is 0.948. The Labute approximate surface area is 149 Å². The smallest absolute Gasteiger partial charge is 0.233 e. The number of hydrogen-bond donors (Lipinski definition) is 0. The summed E-state index contributed by atoms with van der Waals surface area (Å²) in [5.74, 6) is 2.00. The minimum Gasteiger partial charge on any atom is -0.342 e. The van der Waals surface area contributed by atoms with Crippen LogP contribution in [0, 0.1) is 5.92 Å². The molecule has 1 amide bonds. The van der Waals surface area contributed by atoms with Gasteiger partial charge in [-0.2, -0.15) is 0 Å². The number of imidazole rings is 1. The van der Waals surface area contributed by atoms with Gasteiger partial charge in [-0.1, -0.05) is 36.8 Å². The predicted molar refractivity (Wildman–Crippen MR) is 98.2 cm³/mol. The summed E-state index contributed by atoms with van der Waals surface area (Å²) in [4.78, 5) is 20.0. The van der Waals surface area contributed by atoms with Gasteiger partial charge in [-0.25, -0.2) is 4.98 Å². The Kier molecular flexibility index (Phi) is 4.36. The highest BCUT2D eigenvalue weighted by molar-refractivity contribution is 5.89. The molecule has 1 saturated heterocycles. The van der Waals surface area contributed by atoms with Crippen molar-refractivity contribution in [2.45, 2.75) is 43.9 Å². The second-order valence-corrected chi connectivity index (χ2v) is 7.72. The summed E-state index contributed by atoms with van der Waals surface area (Å²) >= 11 is 0. The van der Waals surface area contributed by atoms with Gasteiger partial charge >= 0.3 is 0 Å². The Bertz CT molecular complexity index is 733. The van der Waals surface area contributed by atoms with E-state index < -0.39 is 0 Å². The van der Waals surface area contributed by atoms with E-state index in [1.807, 2.05) is 25.5 Å². The number of likely N-dealkylation sites (tertiary alicyclic amines) is 1. The van der Waals surface area contributed by atoms with Crippen LogP contribution in [0.25, 0.3) is 0 Å². The fourth-order valence-corrected chi connectivity index (χ4v) is 4.48. The van der Waals surface area contributed by atoms with Gasteiger partial charge in [0.05, 0.1) is 5.41 Å². The largest absolute Gasteiger partial charge is 0.342 e. The van der Waals surface area contributed by atoms with Gasteiger partial charge < -0.3 is 9.47 Å². The highest BCUT2D eigenvalue weighted by Gasteiger charge is 2.48. The normalized spacial score (nSPS) is 22.4. The van der Waals surface area contributed by atoms with Crippen molar-refractivity contribution in [1.29, 1.82) is 0 Å². The van der Waals surface area contributed by atoms with Gasteiger partial charge in [0.2, 0.25) is 5.91 Å². The van der Waals surface area contributed by atoms with Crippen molar-refractivity contribution in [3.05, 3.63) is 54.1 Å². The zero-order valence-electron chi connectivity index (χ0n) is 15.0. The summed E-state index contributed by atoms with van der Waals surface area (Å²) < 4.78 is 2.10. The van der Waals surface area contributed by atoms with Crippen molar-refractivity contribution in [2.24, 2.45) is 13.0 Å². The first-order valence-corrected chi connectivity index (χ1v) is 9.50. The molecule has 1 aromatic carbocycles. The second kappa shape index (κ2) is 6.66. The van der Waals surface area contributed by atoms with Crippen molar-refractivity contribution >= 4 is 5.91 Å². The Morgan fingerprint density at radius 2 is 2.04 bits per heavy atom. The molecule has 4 rings (SSSR count). The molecular formula is C21H27N3O. The van der Waals surface area contributed by atoms with E-state index in [0.29, 0.717) is 11.8 Å². The third-order valence-electron chi connectivity index (χ3n) is 6.14. The molecule has 1 aliphatic heterocycles. The molecule has 0 bridgehead atoms. The van der Waals surface area contributed by atoms with Crippen molar-refractivity contribution in [2.75, 3.05) is 13.1 Å². The molecule has 2 aromatic rings. The molecule has 0 unspecified atom stereocenters. The van der Waals surface area contributed by atoms with Gasteiger partial charge in [0.15, 0.2) is 0 Å². The zero-order chi connectivity index (χ0) is 17.3. The van der Waals surface area contributed by atoms with E-state index in [-0.39, 0.29) is 5.41 Å². The van der Waals surface area contributed by atoms with E-state index in [0.717, 1.165) is 51.0 Å². The van der Waals surface area contributed by atoms with Crippen molar-refractivity contribution in [1.82, 2.24) is 14.5 Å². The first-order chi connectivity index (χ1) is 12.2. The Hall–Kier alpha value is -2.10. The van der Waals surface area contributed by atoms with Crippen LogP contribution in [0.2, 0.25) is 0 Å². The fraction of sp³-hybridized carbons (Fsp3) is 0.524. The minimum absolute atomic E-state index is 0.258. The number of piperidine rings is 1. The fourth-order valence-electron chi connectivity index (χ4n) is 4.48. The number of benzene rings is 1. The molecule has 4 heteroatoms. The quantitative estimate of drug-likeness (QED) is 0.858. The van der Waals surface area contributed by atoms with Gasteiger partial charge in [-0.15, -0.1) is 0 Å². The van der Waals surface area contributed by atoms with Crippen LogP contribution in [0.5, 0.6) is 0 Å². The first-order valence-electron chi connectivity index (χ1n) is 9.50. The molecular weight excluding hydrogens is 310 g/mol. The number of aryl methyl sites for hydroxylation is 1. The van der Waals surface area contributed by atoms with Crippen LogP contribution in [0.1, 0.15) is 43.5 Å². The molecule has 2 fully saturated rings. The predicted octanol–water partition coefficient (Wildman–Crippen LogP) is 3.32. The van der Waals surface area contributed by atoms with E-state index in [9.17, 15) is 4.79 Å². The van der Waals surface area contributed by atoms with Gasteiger partial charge in [-0.05, 0) is 37.2 Å². The zero-order valence-corrected chi connectivity index (χ0v) is 15.0. The van der Waals surface area contributed by atoms with Gasteiger partial charge in [-0.3, -0.25) is 4.79 Å². The highest BCUT2D eigenvalue weighted by Crippen LogP contribution is 2.45. The van der Waals surface area contributed by atoms with Gasteiger partial charge in [0.25, 0.3) is 0 Å². The summed E-state index contributed by atoms with van der Waals surface area (Å²) in [6.45, 7) is 1.78. The van der Waals surface area contributed by atoms with Gasteiger partial charge in [0, 0.05) is 39.0 Å². The first kappa shape index (κ1) is 16.4. The van der Waals surface area contributed by atoms with Crippen LogP contribution in [0.15, 0.2) is 42.7 Å². The number of aromatic nitrogens is 2. The summed E-state index contributed by atoms with van der Waals surface area (Å²) in [5, 5.41) is 0. The van der Waals surface area contributed by atoms with E-state index in [1.165, 1.54) is 12.0 Å². The Balaban J connectivity index is 1.49. The molecule has 25 heavy (non-hydrogen) atoms. The lowest BCUT2D eigenvalue weighted by molar-refractivity contribution is -0.142. The number of nitrogens with zero attached hydrogens (tertiary/aromatic N) is 3. The number of hydrogen-bond acceptors (Lipinski definition) is 2. The van der Waals surface area contributed by atoms with Crippen LogP contribution < -0.4 is 0 Å². The lowest BCUT2D eigenvalue weighted by Gasteiger charge is -2.46. The van der Waals surface area contributed by atoms with Crippen molar-refractivity contribution < 1.29 is 4.79 Å². The average Bonchev–Trinajstić information content (AvgIpc) is 3.00. The maximum atomic E-state index is 13.4. The van der Waals surface area contributed by atoms with Crippen LogP contribution in [-0.4, -0.2) is 33.4 Å². The molecule has 1 saturated carbocycles. The van der Waals surface area contributed by atoms with Crippen LogP contribution in [0.3, 0.4) is 0 Å². The minimum atomic E-state index is -0.258. The maximum absolute atomic E-state index is 13.4. The standard InChI is InChI=1S/C21H27N3O/c1-23-14-12-22-19(23)15-17-7-5-13-24(16-17)20(25)21(10-6-11-21)18-8-3-2-4-9-18/h2-4,8-9,12,14,17H,5-7,10-11,13,15-16H2,1H3/t17-/m1/s1. The van der Waals surface area contributed by atoms with E-state index in [1.54, 1.807) is 0 Å². The molecule has 1 aromatic heterocycles. The molecule has 2 aliphatic rings. The molecule has 1 atom stereocenters. The number of rotatable bonds is 4. The lowest BCUT2D eigenvalue weighted by Crippen LogP contribution is -2.53. The molecule has 0 radical (unpaired) electrons. The molecule has 0 spiro atoms. The maximum Gasteiger partial charge on any atom is 0.233 e. The summed E-state index contributed by atoms with van der Waals surface area (Å²) in [6, 6.07) is 10.4. The topological polar surface area (TPSA) is 38.1 Å². The van der Waals surface area contributed by atoms with E-state index in [2.05, 4.69) is 38.7 Å². The molecule has 0 N–H and O–H groups in total. The average molecular weight is 337 g/mol. The molecule has 4 nitrogen and oxygen atoms in total. The van der Waals surface area contributed by atoms with Crippen molar-refractivity contribution in [3.63, 3.8) is 0 Å². The Morgan fingerprint density at radius 3 is 2.68 bits per heavy atom. The third kappa shape index (κ3) is 2.99. The van der Waals surface area contributed by atoms with Crippen LogP contribution in [0.4, 0.5) is 0 Å². The SMILES string of the molecule is Cn1ccnc1C[C@H]1CCCN(C(=O)C2(c3ccccc3)CCC2)C1.